The first-order valence-electron chi connectivity index (χ1n) is 9.42. The van der Waals surface area contributed by atoms with E-state index in [1.807, 2.05) is 18.2 Å². The standard InChI is InChI=1S/C23H22FN3O2/c24-20-10-8-18(9-11-20)16-27-22(28)19-12-14-25-21(15-19)23(29)26-13-4-7-17-5-2-1-3-6-17/h1-3,5-6,8-12,14-15H,4,7,13,16H2,(H,26,29)(H,27,28). The van der Waals surface area contributed by atoms with Crippen molar-refractivity contribution >= 4 is 11.8 Å². The fourth-order valence-corrected chi connectivity index (χ4v) is 2.81. The summed E-state index contributed by atoms with van der Waals surface area (Å²) in [4.78, 5) is 28.7. The van der Waals surface area contributed by atoms with Crippen molar-refractivity contribution in [2.45, 2.75) is 19.4 Å². The van der Waals surface area contributed by atoms with E-state index in [0.717, 1.165) is 18.4 Å². The van der Waals surface area contributed by atoms with Crippen LogP contribution in [0.15, 0.2) is 72.9 Å². The monoisotopic (exact) mass is 391 g/mol. The van der Waals surface area contributed by atoms with Gasteiger partial charge >= 0.3 is 0 Å². The molecule has 0 saturated carbocycles. The maximum Gasteiger partial charge on any atom is 0.269 e. The average molecular weight is 391 g/mol. The molecular weight excluding hydrogens is 369 g/mol. The summed E-state index contributed by atoms with van der Waals surface area (Å²) in [7, 11) is 0. The predicted molar refractivity (Wildman–Crippen MR) is 109 cm³/mol. The Morgan fingerprint density at radius 1 is 0.862 bits per heavy atom. The van der Waals surface area contributed by atoms with E-state index in [-0.39, 0.29) is 29.9 Å². The number of amides is 2. The Kier molecular flexibility index (Phi) is 7.05. The molecule has 6 heteroatoms. The lowest BCUT2D eigenvalue weighted by Gasteiger charge is -2.08. The largest absolute Gasteiger partial charge is 0.351 e. The van der Waals surface area contributed by atoms with Crippen LogP contribution in [-0.4, -0.2) is 23.3 Å². The number of aromatic nitrogens is 1. The van der Waals surface area contributed by atoms with Gasteiger partial charge in [0, 0.05) is 24.8 Å². The molecule has 5 nitrogen and oxygen atoms in total. The Morgan fingerprint density at radius 3 is 2.38 bits per heavy atom. The van der Waals surface area contributed by atoms with E-state index in [4.69, 9.17) is 0 Å². The van der Waals surface area contributed by atoms with E-state index in [1.54, 1.807) is 18.2 Å². The third kappa shape index (κ3) is 6.24. The summed E-state index contributed by atoms with van der Waals surface area (Å²) in [5.74, 6) is -0.963. The van der Waals surface area contributed by atoms with E-state index in [1.165, 1.54) is 30.0 Å². The fourth-order valence-electron chi connectivity index (χ4n) is 2.81. The van der Waals surface area contributed by atoms with Gasteiger partial charge in [-0.1, -0.05) is 42.5 Å². The van der Waals surface area contributed by atoms with Crippen LogP contribution in [0.25, 0.3) is 0 Å². The van der Waals surface area contributed by atoms with Crippen molar-refractivity contribution in [1.82, 2.24) is 15.6 Å². The van der Waals surface area contributed by atoms with Crippen molar-refractivity contribution < 1.29 is 14.0 Å². The maximum absolute atomic E-state index is 12.9. The molecule has 0 unspecified atom stereocenters. The second-order valence-electron chi connectivity index (χ2n) is 6.58. The molecule has 148 valence electrons. The molecule has 0 aliphatic carbocycles. The molecule has 0 spiro atoms. The Hall–Kier alpha value is -3.54. The fraction of sp³-hybridized carbons (Fsp3) is 0.174. The lowest BCUT2D eigenvalue weighted by molar-refractivity contribution is 0.0948. The molecule has 0 aliphatic rings. The normalized spacial score (nSPS) is 10.4. The van der Waals surface area contributed by atoms with Crippen molar-refractivity contribution in [3.05, 3.63) is 101 Å². The molecule has 2 N–H and O–H groups in total. The summed E-state index contributed by atoms with van der Waals surface area (Å²) in [5.41, 5.74) is 2.54. The first-order chi connectivity index (χ1) is 14.1. The van der Waals surface area contributed by atoms with Gasteiger partial charge in [-0.2, -0.15) is 0 Å². The summed E-state index contributed by atoms with van der Waals surface area (Å²) in [6.45, 7) is 0.791. The van der Waals surface area contributed by atoms with Gasteiger partial charge in [0.2, 0.25) is 0 Å². The van der Waals surface area contributed by atoms with Gasteiger partial charge in [-0.25, -0.2) is 4.39 Å². The van der Waals surface area contributed by atoms with Crippen LogP contribution in [0.1, 0.15) is 38.4 Å². The number of aryl methyl sites for hydroxylation is 1. The summed E-state index contributed by atoms with van der Waals surface area (Å²) in [6.07, 6.45) is 3.12. The second-order valence-corrected chi connectivity index (χ2v) is 6.58. The highest BCUT2D eigenvalue weighted by Crippen LogP contribution is 2.06. The zero-order valence-corrected chi connectivity index (χ0v) is 15.9. The number of carbonyl (C=O) groups excluding carboxylic acids is 2. The number of nitrogens with one attached hydrogen (secondary N) is 2. The van der Waals surface area contributed by atoms with Crippen LogP contribution in [0.4, 0.5) is 4.39 Å². The van der Waals surface area contributed by atoms with E-state index < -0.39 is 0 Å². The van der Waals surface area contributed by atoms with Gasteiger partial charge in [-0.05, 0) is 48.2 Å². The number of hydrogen-bond donors (Lipinski definition) is 2. The van der Waals surface area contributed by atoms with Gasteiger partial charge in [0.15, 0.2) is 0 Å². The second kappa shape index (κ2) is 10.1. The van der Waals surface area contributed by atoms with Crippen molar-refractivity contribution in [3.63, 3.8) is 0 Å². The SMILES string of the molecule is O=C(NCc1ccc(F)cc1)c1ccnc(C(=O)NCCCc2ccccc2)c1. The van der Waals surface area contributed by atoms with Crippen LogP contribution >= 0.6 is 0 Å². The zero-order chi connectivity index (χ0) is 20.5. The minimum absolute atomic E-state index is 0.194. The van der Waals surface area contributed by atoms with Gasteiger partial charge in [-0.15, -0.1) is 0 Å². The van der Waals surface area contributed by atoms with Crippen LogP contribution in [0.2, 0.25) is 0 Å². The van der Waals surface area contributed by atoms with Crippen LogP contribution in [0.3, 0.4) is 0 Å². The third-order valence-corrected chi connectivity index (χ3v) is 4.39. The van der Waals surface area contributed by atoms with E-state index in [0.29, 0.717) is 12.1 Å². The predicted octanol–water partition coefficient (Wildman–Crippen LogP) is 3.51. The van der Waals surface area contributed by atoms with Crippen LogP contribution < -0.4 is 10.6 Å². The number of benzene rings is 2. The molecule has 1 heterocycles. The highest BCUT2D eigenvalue weighted by atomic mass is 19.1. The molecule has 0 fully saturated rings. The number of carbonyl (C=O) groups is 2. The molecule has 0 atom stereocenters. The minimum atomic E-state index is -0.325. The number of hydrogen-bond acceptors (Lipinski definition) is 3. The van der Waals surface area contributed by atoms with E-state index in [2.05, 4.69) is 27.8 Å². The molecule has 0 aliphatic heterocycles. The topological polar surface area (TPSA) is 71.1 Å². The minimum Gasteiger partial charge on any atom is -0.351 e. The maximum atomic E-state index is 12.9. The summed E-state index contributed by atoms with van der Waals surface area (Å²) in [5, 5.41) is 5.58. The quantitative estimate of drug-likeness (QED) is 0.577. The number of rotatable bonds is 8. The third-order valence-electron chi connectivity index (χ3n) is 4.39. The molecule has 3 rings (SSSR count). The first kappa shape index (κ1) is 20.2. The molecule has 3 aromatic rings. The van der Waals surface area contributed by atoms with Gasteiger partial charge in [0.1, 0.15) is 11.5 Å². The van der Waals surface area contributed by atoms with E-state index >= 15 is 0 Å². The molecule has 2 amide bonds. The Bertz CT molecular complexity index is 959. The number of halogens is 1. The number of pyridine rings is 1. The van der Waals surface area contributed by atoms with Gasteiger partial charge in [-0.3, -0.25) is 14.6 Å². The lowest BCUT2D eigenvalue weighted by Crippen LogP contribution is -2.27. The molecule has 0 saturated heterocycles. The Labute approximate surface area is 169 Å². The van der Waals surface area contributed by atoms with Crippen molar-refractivity contribution in [1.29, 1.82) is 0 Å². The first-order valence-corrected chi connectivity index (χ1v) is 9.42. The molecule has 29 heavy (non-hydrogen) atoms. The number of nitrogens with zero attached hydrogens (tertiary/aromatic N) is 1. The summed E-state index contributed by atoms with van der Waals surface area (Å²) >= 11 is 0. The summed E-state index contributed by atoms with van der Waals surface area (Å²) < 4.78 is 12.9. The molecule has 1 aromatic heterocycles. The summed E-state index contributed by atoms with van der Waals surface area (Å²) in [6, 6.07) is 19.0. The molecular formula is C23H22FN3O2. The molecule has 0 radical (unpaired) electrons. The van der Waals surface area contributed by atoms with Gasteiger partial charge in [0.25, 0.3) is 11.8 Å². The van der Waals surface area contributed by atoms with Crippen molar-refractivity contribution in [3.8, 4) is 0 Å². The zero-order valence-electron chi connectivity index (χ0n) is 15.9. The Morgan fingerprint density at radius 2 is 1.62 bits per heavy atom. The van der Waals surface area contributed by atoms with Crippen molar-refractivity contribution in [2.75, 3.05) is 6.54 Å². The van der Waals surface area contributed by atoms with E-state index in [9.17, 15) is 14.0 Å². The van der Waals surface area contributed by atoms with Gasteiger partial charge < -0.3 is 10.6 Å². The highest BCUT2D eigenvalue weighted by Gasteiger charge is 2.11. The highest BCUT2D eigenvalue weighted by molar-refractivity contribution is 5.98. The molecule has 0 bridgehead atoms. The van der Waals surface area contributed by atoms with Crippen molar-refractivity contribution in [2.24, 2.45) is 0 Å². The average Bonchev–Trinajstić information content (AvgIpc) is 2.77. The molecule has 2 aromatic carbocycles. The van der Waals surface area contributed by atoms with Gasteiger partial charge in [0.05, 0.1) is 0 Å². The lowest BCUT2D eigenvalue weighted by atomic mass is 10.1. The smallest absolute Gasteiger partial charge is 0.269 e. The van der Waals surface area contributed by atoms with Crippen LogP contribution in [0.5, 0.6) is 0 Å². The van der Waals surface area contributed by atoms with Crippen LogP contribution in [0, 0.1) is 5.82 Å². The van der Waals surface area contributed by atoms with Crippen LogP contribution in [-0.2, 0) is 13.0 Å². The Balaban J connectivity index is 1.49.